The van der Waals surface area contributed by atoms with Crippen LogP contribution in [0.5, 0.6) is 0 Å². The van der Waals surface area contributed by atoms with Gasteiger partial charge in [-0.3, -0.25) is 28.9 Å². The molecule has 0 saturated heterocycles. The summed E-state index contributed by atoms with van der Waals surface area (Å²) < 4.78 is 0. The first-order chi connectivity index (χ1) is 10.5. The summed E-state index contributed by atoms with van der Waals surface area (Å²) in [7, 11) is 0. The monoisotopic (exact) mass is 311 g/mol. The van der Waals surface area contributed by atoms with Crippen molar-refractivity contribution in [3.8, 4) is 0 Å². The van der Waals surface area contributed by atoms with E-state index in [1.165, 1.54) is 0 Å². The average molecular weight is 311 g/mol. The Balaban J connectivity index is 2.07. The quantitative estimate of drug-likeness (QED) is 0.326. The van der Waals surface area contributed by atoms with Crippen molar-refractivity contribution >= 4 is 23.6 Å². The summed E-state index contributed by atoms with van der Waals surface area (Å²) in [6.07, 6.45) is 5.23. The molecular weight excluding hydrogens is 290 g/mol. The molecule has 22 heavy (non-hydrogen) atoms. The molecule has 0 aromatic carbocycles. The molecule has 8 heteroatoms. The second-order valence-electron chi connectivity index (χ2n) is 4.78. The molecule has 0 bridgehead atoms. The summed E-state index contributed by atoms with van der Waals surface area (Å²) >= 11 is 0. The molecule has 0 radical (unpaired) electrons. The van der Waals surface area contributed by atoms with Gasteiger partial charge in [-0.2, -0.15) is 0 Å². The first-order valence-corrected chi connectivity index (χ1v) is 7.25. The molecule has 0 saturated carbocycles. The van der Waals surface area contributed by atoms with E-state index in [1.54, 1.807) is 0 Å². The van der Waals surface area contributed by atoms with Crippen molar-refractivity contribution in [1.29, 1.82) is 0 Å². The van der Waals surface area contributed by atoms with E-state index in [4.69, 9.17) is 4.84 Å². The third-order valence-corrected chi connectivity index (χ3v) is 2.95. The summed E-state index contributed by atoms with van der Waals surface area (Å²) in [5.74, 6) is -1.70. The lowest BCUT2D eigenvalue weighted by Crippen LogP contribution is -2.36. The van der Waals surface area contributed by atoms with E-state index in [2.05, 4.69) is 17.7 Å². The van der Waals surface area contributed by atoms with Crippen molar-refractivity contribution in [3.05, 3.63) is 12.2 Å². The second kappa shape index (κ2) is 9.67. The van der Waals surface area contributed by atoms with Gasteiger partial charge in [0.15, 0.2) is 6.61 Å². The lowest BCUT2D eigenvalue weighted by atomic mass is 10.2. The van der Waals surface area contributed by atoms with Crippen molar-refractivity contribution in [2.45, 2.75) is 32.6 Å². The van der Waals surface area contributed by atoms with E-state index < -0.39 is 17.7 Å². The zero-order valence-electron chi connectivity index (χ0n) is 12.6. The zero-order valence-corrected chi connectivity index (χ0v) is 12.6. The van der Waals surface area contributed by atoms with Gasteiger partial charge in [0.2, 0.25) is 11.8 Å². The van der Waals surface area contributed by atoms with Gasteiger partial charge in [-0.1, -0.05) is 19.8 Å². The van der Waals surface area contributed by atoms with Gasteiger partial charge < -0.3 is 5.32 Å². The standard InChI is InChI=1S/C14H21N3O5/c1-2-3-4-8-15-12(19)10-22-16-11(18)7-9-17-13(20)5-6-14(17)21/h5-6H,2-4,7-10H2,1H3,(H,15,19)(H,16,18). The number of rotatable bonds is 10. The number of nitrogens with zero attached hydrogens (tertiary/aromatic N) is 1. The Morgan fingerprint density at radius 2 is 1.82 bits per heavy atom. The maximum absolute atomic E-state index is 11.5. The minimum absolute atomic E-state index is 0.0247. The molecule has 0 aliphatic carbocycles. The Labute approximate surface area is 128 Å². The third-order valence-electron chi connectivity index (χ3n) is 2.95. The Bertz CT molecular complexity index is 443. The second-order valence-corrected chi connectivity index (χ2v) is 4.78. The molecule has 8 nitrogen and oxygen atoms in total. The average Bonchev–Trinajstić information content (AvgIpc) is 2.80. The van der Waals surface area contributed by atoms with Crippen LogP contribution in [-0.4, -0.2) is 48.2 Å². The van der Waals surface area contributed by atoms with Crippen LogP contribution in [0.3, 0.4) is 0 Å². The fourth-order valence-electron chi connectivity index (χ4n) is 1.75. The molecule has 1 aliphatic heterocycles. The highest BCUT2D eigenvalue weighted by molar-refractivity contribution is 6.13. The predicted octanol–water partition coefficient (Wildman–Crippen LogP) is -0.344. The Hall–Kier alpha value is -2.22. The molecule has 4 amide bonds. The first-order valence-electron chi connectivity index (χ1n) is 7.25. The molecule has 0 fully saturated rings. The summed E-state index contributed by atoms with van der Waals surface area (Å²) in [6, 6.07) is 0. The van der Waals surface area contributed by atoms with Crippen LogP contribution in [0.15, 0.2) is 12.2 Å². The molecule has 1 heterocycles. The number of unbranched alkanes of at least 4 members (excludes halogenated alkanes) is 2. The van der Waals surface area contributed by atoms with Crippen LogP contribution in [0, 0.1) is 0 Å². The maximum Gasteiger partial charge on any atom is 0.253 e. The molecule has 0 aromatic rings. The van der Waals surface area contributed by atoms with E-state index in [9.17, 15) is 19.2 Å². The maximum atomic E-state index is 11.5. The van der Waals surface area contributed by atoms with E-state index in [-0.39, 0.29) is 25.5 Å². The first kappa shape index (κ1) is 17.8. The normalized spacial score (nSPS) is 13.6. The highest BCUT2D eigenvalue weighted by Gasteiger charge is 2.23. The minimum atomic E-state index is -0.508. The van der Waals surface area contributed by atoms with Gasteiger partial charge in [0.05, 0.1) is 0 Å². The van der Waals surface area contributed by atoms with Gasteiger partial charge in [0, 0.05) is 31.7 Å². The predicted molar refractivity (Wildman–Crippen MR) is 77.1 cm³/mol. The Morgan fingerprint density at radius 1 is 1.14 bits per heavy atom. The number of amides is 4. The van der Waals surface area contributed by atoms with Crippen LogP contribution < -0.4 is 10.8 Å². The highest BCUT2D eigenvalue weighted by Crippen LogP contribution is 2.03. The third kappa shape index (κ3) is 6.49. The van der Waals surface area contributed by atoms with Gasteiger partial charge in [-0.25, -0.2) is 5.48 Å². The minimum Gasteiger partial charge on any atom is -0.354 e. The van der Waals surface area contributed by atoms with Gasteiger partial charge in [0.1, 0.15) is 0 Å². The van der Waals surface area contributed by atoms with Gasteiger partial charge in [-0.05, 0) is 6.42 Å². The van der Waals surface area contributed by atoms with Crippen molar-refractivity contribution in [1.82, 2.24) is 15.7 Å². The number of carbonyl (C=O) groups excluding carboxylic acids is 4. The number of hydroxylamine groups is 1. The summed E-state index contributed by atoms with van der Waals surface area (Å²) in [6.45, 7) is 2.35. The summed E-state index contributed by atoms with van der Waals surface area (Å²) in [5, 5.41) is 2.66. The van der Waals surface area contributed by atoms with E-state index in [0.29, 0.717) is 6.54 Å². The number of hydrogen-bond acceptors (Lipinski definition) is 5. The molecule has 1 rings (SSSR count). The highest BCUT2D eigenvalue weighted by atomic mass is 16.7. The van der Waals surface area contributed by atoms with Crippen LogP contribution in [0.25, 0.3) is 0 Å². The summed E-state index contributed by atoms with van der Waals surface area (Å²) in [5.41, 5.74) is 2.10. The van der Waals surface area contributed by atoms with Gasteiger partial charge in [-0.15, -0.1) is 0 Å². The van der Waals surface area contributed by atoms with Crippen LogP contribution in [-0.2, 0) is 24.0 Å². The fourth-order valence-corrected chi connectivity index (χ4v) is 1.75. The number of hydrogen-bond donors (Lipinski definition) is 2. The van der Waals surface area contributed by atoms with Crippen molar-refractivity contribution in [3.63, 3.8) is 0 Å². The SMILES string of the molecule is CCCCCNC(=O)CONC(=O)CCN1C(=O)C=CC1=O. The molecule has 0 spiro atoms. The topological polar surface area (TPSA) is 105 Å². The van der Waals surface area contributed by atoms with Crippen molar-refractivity contribution < 1.29 is 24.0 Å². The van der Waals surface area contributed by atoms with E-state index >= 15 is 0 Å². The van der Waals surface area contributed by atoms with Gasteiger partial charge in [0.25, 0.3) is 11.8 Å². The van der Waals surface area contributed by atoms with E-state index in [0.717, 1.165) is 36.3 Å². The number of nitrogens with one attached hydrogen (secondary N) is 2. The van der Waals surface area contributed by atoms with E-state index in [1.807, 2.05) is 0 Å². The molecule has 122 valence electrons. The van der Waals surface area contributed by atoms with Crippen LogP contribution >= 0.6 is 0 Å². The Morgan fingerprint density at radius 3 is 2.45 bits per heavy atom. The number of carbonyl (C=O) groups is 4. The smallest absolute Gasteiger partial charge is 0.253 e. The van der Waals surface area contributed by atoms with Gasteiger partial charge >= 0.3 is 0 Å². The van der Waals surface area contributed by atoms with Crippen LogP contribution in [0.1, 0.15) is 32.6 Å². The Kier molecular flexibility index (Phi) is 7.84. The largest absolute Gasteiger partial charge is 0.354 e. The molecule has 2 N–H and O–H groups in total. The van der Waals surface area contributed by atoms with Crippen LogP contribution in [0.4, 0.5) is 0 Å². The molecular formula is C14H21N3O5. The van der Waals surface area contributed by atoms with Crippen molar-refractivity contribution in [2.24, 2.45) is 0 Å². The zero-order chi connectivity index (χ0) is 16.4. The lowest BCUT2D eigenvalue weighted by Gasteiger charge is -2.13. The number of imide groups is 1. The molecule has 0 atom stereocenters. The molecule has 1 aliphatic rings. The lowest BCUT2D eigenvalue weighted by molar-refractivity contribution is -0.140. The fraction of sp³-hybridized carbons (Fsp3) is 0.571. The molecule has 0 aromatic heterocycles. The van der Waals surface area contributed by atoms with Crippen LogP contribution in [0.2, 0.25) is 0 Å². The molecule has 0 unspecified atom stereocenters. The summed E-state index contributed by atoms with van der Waals surface area (Å²) in [4.78, 5) is 51.0. The van der Waals surface area contributed by atoms with Crippen molar-refractivity contribution in [2.75, 3.05) is 19.7 Å².